The lowest BCUT2D eigenvalue weighted by atomic mass is 10.0. The first kappa shape index (κ1) is 23.3. The smallest absolute Gasteiger partial charge is 0.253 e. The predicted molar refractivity (Wildman–Crippen MR) is 129 cm³/mol. The van der Waals surface area contributed by atoms with Gasteiger partial charge in [-0.05, 0) is 31.5 Å². The van der Waals surface area contributed by atoms with Crippen LogP contribution in [-0.4, -0.2) is 57.2 Å². The van der Waals surface area contributed by atoms with E-state index in [0.29, 0.717) is 72.0 Å². The van der Waals surface area contributed by atoms with Crippen molar-refractivity contribution in [2.45, 2.75) is 25.9 Å². The van der Waals surface area contributed by atoms with E-state index in [4.69, 9.17) is 9.15 Å². The molecule has 0 saturated carbocycles. The van der Waals surface area contributed by atoms with E-state index in [1.54, 1.807) is 26.2 Å². The van der Waals surface area contributed by atoms with Crippen molar-refractivity contribution < 1.29 is 22.7 Å². The number of fused-ring (bicyclic) bond motifs is 2. The highest BCUT2D eigenvalue weighted by Crippen LogP contribution is 2.37. The number of ether oxygens (including phenoxy) is 1. The Morgan fingerprint density at radius 2 is 1.86 bits per heavy atom. The highest BCUT2D eigenvalue weighted by atomic mass is 19.1. The molecule has 35 heavy (non-hydrogen) atoms. The van der Waals surface area contributed by atoms with Crippen LogP contribution in [0.15, 0.2) is 39.5 Å². The second-order valence-corrected chi connectivity index (χ2v) is 9.33. The van der Waals surface area contributed by atoms with Gasteiger partial charge in [0.05, 0.1) is 18.6 Å². The molecule has 2 aliphatic heterocycles. The number of benzene rings is 2. The number of hydrogen-bond acceptors (Lipinski definition) is 6. The number of halogens is 2. The summed E-state index contributed by atoms with van der Waals surface area (Å²) >= 11 is 0. The molecule has 0 bridgehead atoms. The minimum absolute atomic E-state index is 0.112. The second-order valence-electron chi connectivity index (χ2n) is 9.33. The Morgan fingerprint density at radius 1 is 1.11 bits per heavy atom. The van der Waals surface area contributed by atoms with E-state index in [9.17, 15) is 18.4 Å². The predicted octanol–water partition coefficient (Wildman–Crippen LogP) is 3.56. The number of rotatable bonds is 4. The SMILES string of the molecule is C[C@H]1Cc2c(F)cc(F)cc2N1Cc1cc(C(=O)N(C)C)cc2c(=O)cc(N3CCOCC3)oc12. The van der Waals surface area contributed by atoms with Gasteiger partial charge in [-0.25, -0.2) is 8.78 Å². The first-order valence-corrected chi connectivity index (χ1v) is 11.6. The molecule has 1 fully saturated rings. The number of nitrogens with zero attached hydrogens (tertiary/aromatic N) is 3. The lowest BCUT2D eigenvalue weighted by molar-refractivity contribution is 0.0827. The molecule has 1 saturated heterocycles. The van der Waals surface area contributed by atoms with Gasteiger partial charge in [-0.3, -0.25) is 9.59 Å². The average Bonchev–Trinajstić information content (AvgIpc) is 3.14. The Balaban J connectivity index is 1.66. The van der Waals surface area contributed by atoms with E-state index < -0.39 is 11.6 Å². The van der Waals surface area contributed by atoms with Crippen molar-refractivity contribution in [2.75, 3.05) is 50.2 Å². The van der Waals surface area contributed by atoms with Gasteiger partial charge in [-0.1, -0.05) is 0 Å². The van der Waals surface area contributed by atoms with Gasteiger partial charge in [-0.2, -0.15) is 0 Å². The Morgan fingerprint density at radius 3 is 2.57 bits per heavy atom. The number of carbonyl (C=O) groups is 1. The molecule has 1 atom stereocenters. The van der Waals surface area contributed by atoms with Crippen molar-refractivity contribution >= 4 is 28.4 Å². The molecule has 5 rings (SSSR count). The molecule has 0 radical (unpaired) electrons. The molecule has 2 aromatic carbocycles. The molecular formula is C26H27F2N3O4. The normalized spacial score (nSPS) is 17.7. The average molecular weight is 484 g/mol. The fourth-order valence-electron chi connectivity index (χ4n) is 4.87. The van der Waals surface area contributed by atoms with Crippen molar-refractivity contribution in [3.63, 3.8) is 0 Å². The summed E-state index contributed by atoms with van der Waals surface area (Å²) in [6, 6.07) is 6.81. The Kier molecular flexibility index (Phi) is 5.96. The standard InChI is InChI=1S/C26H27F2N3O4/c1-15-8-19-21(28)11-18(27)12-22(19)31(15)14-17-9-16(26(33)29(2)3)10-20-23(32)13-24(35-25(17)20)30-4-6-34-7-5-30/h9-13,15H,4-8,14H2,1-3H3/t15-/m0/s1. The molecule has 1 aromatic heterocycles. The maximum Gasteiger partial charge on any atom is 0.253 e. The van der Waals surface area contributed by atoms with Crippen molar-refractivity contribution in [1.29, 1.82) is 0 Å². The Hall–Kier alpha value is -3.46. The number of amides is 1. The van der Waals surface area contributed by atoms with Crippen molar-refractivity contribution in [1.82, 2.24) is 4.90 Å². The Labute approximate surface area is 201 Å². The molecule has 0 aliphatic carbocycles. The van der Waals surface area contributed by atoms with Crippen LogP contribution in [0.5, 0.6) is 0 Å². The molecule has 7 nitrogen and oxygen atoms in total. The first-order chi connectivity index (χ1) is 16.7. The van der Waals surface area contributed by atoms with Crippen LogP contribution in [0.4, 0.5) is 20.4 Å². The maximum atomic E-state index is 14.5. The van der Waals surface area contributed by atoms with Crippen LogP contribution >= 0.6 is 0 Å². The number of hydrogen-bond donors (Lipinski definition) is 0. The molecule has 0 unspecified atom stereocenters. The third kappa shape index (κ3) is 4.25. The summed E-state index contributed by atoms with van der Waals surface area (Å²) in [5, 5.41) is 0.294. The third-order valence-electron chi connectivity index (χ3n) is 6.69. The second kappa shape index (κ2) is 8.96. The minimum atomic E-state index is -0.650. The monoisotopic (exact) mass is 483 g/mol. The lowest BCUT2D eigenvalue weighted by Gasteiger charge is -2.28. The zero-order valence-electron chi connectivity index (χ0n) is 19.9. The summed E-state index contributed by atoms with van der Waals surface area (Å²) in [6.45, 7) is 4.40. The van der Waals surface area contributed by atoms with E-state index in [1.165, 1.54) is 17.0 Å². The molecule has 0 spiro atoms. The quantitative estimate of drug-likeness (QED) is 0.566. The molecule has 9 heteroatoms. The van der Waals surface area contributed by atoms with Crippen molar-refractivity contribution in [2.24, 2.45) is 0 Å². The molecular weight excluding hydrogens is 456 g/mol. The largest absolute Gasteiger partial charge is 0.440 e. The van der Waals surface area contributed by atoms with Crippen LogP contribution in [0.25, 0.3) is 11.0 Å². The van der Waals surface area contributed by atoms with E-state index in [0.717, 1.165) is 6.07 Å². The van der Waals surface area contributed by atoms with Gasteiger partial charge in [0.15, 0.2) is 11.3 Å². The van der Waals surface area contributed by atoms with Gasteiger partial charge < -0.3 is 23.9 Å². The molecule has 184 valence electrons. The van der Waals surface area contributed by atoms with Crippen LogP contribution in [0, 0.1) is 11.6 Å². The summed E-state index contributed by atoms with van der Waals surface area (Å²) < 4.78 is 40.2. The molecule has 0 N–H and O–H groups in total. The summed E-state index contributed by atoms with van der Waals surface area (Å²) in [5.74, 6) is -1.04. The van der Waals surface area contributed by atoms with Gasteiger partial charge in [0.2, 0.25) is 0 Å². The number of carbonyl (C=O) groups excluding carboxylic acids is 1. The van der Waals surface area contributed by atoms with E-state index in [1.807, 2.05) is 16.7 Å². The number of morpholine rings is 1. The summed E-state index contributed by atoms with van der Waals surface area (Å²) in [6.07, 6.45) is 0.429. The highest BCUT2D eigenvalue weighted by molar-refractivity contribution is 5.98. The maximum absolute atomic E-state index is 14.5. The van der Waals surface area contributed by atoms with Gasteiger partial charge in [0.1, 0.15) is 17.2 Å². The zero-order valence-corrected chi connectivity index (χ0v) is 19.9. The summed E-state index contributed by atoms with van der Waals surface area (Å²) in [5.41, 5.74) is 1.99. The minimum Gasteiger partial charge on any atom is -0.440 e. The van der Waals surface area contributed by atoms with E-state index in [2.05, 4.69) is 0 Å². The van der Waals surface area contributed by atoms with Gasteiger partial charge >= 0.3 is 0 Å². The van der Waals surface area contributed by atoms with Crippen LogP contribution in [0.1, 0.15) is 28.4 Å². The molecule has 3 aromatic rings. The third-order valence-corrected chi connectivity index (χ3v) is 6.69. The number of anilines is 2. The molecule has 2 aliphatic rings. The van der Waals surface area contributed by atoms with E-state index >= 15 is 0 Å². The van der Waals surface area contributed by atoms with Gasteiger partial charge in [0.25, 0.3) is 5.91 Å². The highest BCUT2D eigenvalue weighted by Gasteiger charge is 2.31. The summed E-state index contributed by atoms with van der Waals surface area (Å²) in [4.78, 5) is 31.3. The first-order valence-electron chi connectivity index (χ1n) is 11.6. The van der Waals surface area contributed by atoms with E-state index in [-0.39, 0.29) is 23.9 Å². The van der Waals surface area contributed by atoms with Gasteiger partial charge in [0, 0.05) is 74.3 Å². The van der Waals surface area contributed by atoms with Crippen molar-refractivity contribution in [3.05, 3.63) is 68.9 Å². The van der Waals surface area contributed by atoms with Crippen LogP contribution in [0.2, 0.25) is 0 Å². The molecule has 3 heterocycles. The fraction of sp³-hybridized carbons (Fsp3) is 0.385. The Bertz CT molecular complexity index is 1360. The van der Waals surface area contributed by atoms with Crippen LogP contribution < -0.4 is 15.2 Å². The lowest BCUT2D eigenvalue weighted by Crippen LogP contribution is -2.36. The topological polar surface area (TPSA) is 66.2 Å². The van der Waals surface area contributed by atoms with Crippen LogP contribution in [-0.2, 0) is 17.7 Å². The van der Waals surface area contributed by atoms with Crippen molar-refractivity contribution in [3.8, 4) is 0 Å². The van der Waals surface area contributed by atoms with Gasteiger partial charge in [-0.15, -0.1) is 0 Å². The van der Waals surface area contributed by atoms with Crippen LogP contribution in [0.3, 0.4) is 0 Å². The summed E-state index contributed by atoms with van der Waals surface area (Å²) in [7, 11) is 3.28. The molecule has 1 amide bonds. The zero-order chi connectivity index (χ0) is 24.9. The fourth-order valence-corrected chi connectivity index (χ4v) is 4.87.